The van der Waals surface area contributed by atoms with Crippen LogP contribution in [-0.2, 0) is 6.61 Å². The van der Waals surface area contributed by atoms with Crippen molar-refractivity contribution in [2.24, 2.45) is 0 Å². The molecule has 0 aliphatic heterocycles. The molecule has 0 atom stereocenters. The summed E-state index contributed by atoms with van der Waals surface area (Å²) in [7, 11) is 3.01. The average molecular weight is 419 g/mol. The molecule has 146 valence electrons. The van der Waals surface area contributed by atoms with E-state index < -0.39 is 0 Å². The molecule has 0 bridgehead atoms. The number of hydrogen-bond acceptors (Lipinski definition) is 6. The molecule has 28 heavy (non-hydrogen) atoms. The number of amides is 1. The number of nitrogens with one attached hydrogen (secondary N) is 1. The van der Waals surface area contributed by atoms with Gasteiger partial charge in [0.1, 0.15) is 33.7 Å². The Hall–Kier alpha value is -2.77. The summed E-state index contributed by atoms with van der Waals surface area (Å²) in [6, 6.07) is 12.7. The summed E-state index contributed by atoms with van der Waals surface area (Å²) in [6.07, 6.45) is 0. The Morgan fingerprint density at radius 2 is 1.86 bits per heavy atom. The van der Waals surface area contributed by atoms with E-state index in [-0.39, 0.29) is 5.91 Å². The van der Waals surface area contributed by atoms with E-state index in [2.05, 4.69) is 10.3 Å². The molecule has 0 unspecified atom stereocenters. The maximum absolute atomic E-state index is 12.8. The summed E-state index contributed by atoms with van der Waals surface area (Å²) in [6.45, 7) is 2.08. The summed E-state index contributed by atoms with van der Waals surface area (Å²) in [5, 5.41) is 3.94. The number of benzene rings is 2. The first-order chi connectivity index (χ1) is 13.5. The maximum Gasteiger partial charge on any atom is 0.267 e. The van der Waals surface area contributed by atoms with Gasteiger partial charge in [0.2, 0.25) is 0 Å². The average Bonchev–Trinajstić information content (AvgIpc) is 3.08. The molecule has 1 aromatic heterocycles. The fourth-order valence-electron chi connectivity index (χ4n) is 2.52. The number of aryl methyl sites for hydroxylation is 1. The Bertz CT molecular complexity index is 976. The van der Waals surface area contributed by atoms with Gasteiger partial charge in [-0.05, 0) is 19.1 Å². The van der Waals surface area contributed by atoms with Gasteiger partial charge in [-0.3, -0.25) is 4.79 Å². The third kappa shape index (κ3) is 4.55. The van der Waals surface area contributed by atoms with Crippen LogP contribution in [0.3, 0.4) is 0 Å². The van der Waals surface area contributed by atoms with Crippen LogP contribution < -0.4 is 19.5 Å². The number of anilines is 1. The van der Waals surface area contributed by atoms with E-state index in [4.69, 9.17) is 25.8 Å². The minimum absolute atomic E-state index is 0.288. The number of rotatable bonds is 7. The van der Waals surface area contributed by atoms with Gasteiger partial charge in [-0.2, -0.15) is 0 Å². The standard InChI is InChI=1S/C20H19ClN2O4S/c1-12-19(28-18(22-12)11-27-13-7-5-4-6-8-13)20(24)23-15-10-16(25-2)14(21)9-17(15)26-3/h4-10H,11H2,1-3H3,(H,23,24). The zero-order valence-electron chi connectivity index (χ0n) is 15.6. The summed E-state index contributed by atoms with van der Waals surface area (Å²) >= 11 is 7.39. The quantitative estimate of drug-likeness (QED) is 0.587. The second kappa shape index (κ2) is 8.95. The van der Waals surface area contributed by atoms with Gasteiger partial charge in [-0.1, -0.05) is 29.8 Å². The van der Waals surface area contributed by atoms with Crippen LogP contribution in [0.25, 0.3) is 0 Å². The molecule has 2 aromatic carbocycles. The zero-order chi connectivity index (χ0) is 20.1. The molecular weight excluding hydrogens is 400 g/mol. The van der Waals surface area contributed by atoms with Crippen LogP contribution in [0.5, 0.6) is 17.2 Å². The van der Waals surface area contributed by atoms with Crippen LogP contribution in [0.1, 0.15) is 20.4 Å². The molecule has 3 aromatic rings. The lowest BCUT2D eigenvalue weighted by molar-refractivity contribution is 0.102. The van der Waals surface area contributed by atoms with Gasteiger partial charge in [0.15, 0.2) is 0 Å². The number of ether oxygens (including phenoxy) is 3. The number of methoxy groups -OCH3 is 2. The number of hydrogen-bond donors (Lipinski definition) is 1. The molecule has 0 aliphatic carbocycles. The number of carbonyl (C=O) groups is 1. The Balaban J connectivity index is 1.75. The molecule has 0 saturated carbocycles. The Kier molecular flexibility index (Phi) is 6.38. The molecule has 0 spiro atoms. The van der Waals surface area contributed by atoms with Gasteiger partial charge in [0.25, 0.3) is 5.91 Å². The largest absolute Gasteiger partial charge is 0.495 e. The Morgan fingerprint density at radius 1 is 1.14 bits per heavy atom. The molecule has 1 N–H and O–H groups in total. The lowest BCUT2D eigenvalue weighted by Gasteiger charge is -2.12. The minimum Gasteiger partial charge on any atom is -0.495 e. The van der Waals surface area contributed by atoms with Crippen LogP contribution in [0.2, 0.25) is 5.02 Å². The Labute approximate surface area is 172 Å². The van der Waals surface area contributed by atoms with E-state index in [1.807, 2.05) is 30.3 Å². The van der Waals surface area contributed by atoms with Crippen molar-refractivity contribution in [3.63, 3.8) is 0 Å². The predicted octanol–water partition coefficient (Wildman–Crippen LogP) is 4.95. The molecule has 6 nitrogen and oxygen atoms in total. The fourth-order valence-corrected chi connectivity index (χ4v) is 3.63. The second-order valence-electron chi connectivity index (χ2n) is 5.77. The topological polar surface area (TPSA) is 69.7 Å². The highest BCUT2D eigenvalue weighted by Crippen LogP contribution is 2.36. The smallest absolute Gasteiger partial charge is 0.267 e. The van der Waals surface area contributed by atoms with Crippen LogP contribution in [0.15, 0.2) is 42.5 Å². The third-order valence-electron chi connectivity index (χ3n) is 3.87. The van der Waals surface area contributed by atoms with Crippen molar-refractivity contribution < 1.29 is 19.0 Å². The minimum atomic E-state index is -0.288. The van der Waals surface area contributed by atoms with Gasteiger partial charge in [0.05, 0.1) is 30.6 Å². The SMILES string of the molecule is COc1cc(NC(=O)c2sc(COc3ccccc3)nc2C)c(OC)cc1Cl. The van der Waals surface area contributed by atoms with E-state index in [9.17, 15) is 4.79 Å². The molecule has 8 heteroatoms. The molecule has 0 radical (unpaired) electrons. The van der Waals surface area contributed by atoms with Crippen molar-refractivity contribution in [2.75, 3.05) is 19.5 Å². The van der Waals surface area contributed by atoms with Crippen LogP contribution in [-0.4, -0.2) is 25.1 Å². The number of aromatic nitrogens is 1. The zero-order valence-corrected chi connectivity index (χ0v) is 17.2. The second-order valence-corrected chi connectivity index (χ2v) is 7.26. The van der Waals surface area contributed by atoms with Crippen LogP contribution in [0.4, 0.5) is 5.69 Å². The molecule has 0 saturated heterocycles. The summed E-state index contributed by atoms with van der Waals surface area (Å²) in [5.41, 5.74) is 1.10. The van der Waals surface area contributed by atoms with Gasteiger partial charge in [0, 0.05) is 12.1 Å². The molecule has 1 amide bonds. The van der Waals surface area contributed by atoms with Crippen molar-refractivity contribution in [3.8, 4) is 17.2 Å². The van der Waals surface area contributed by atoms with Gasteiger partial charge < -0.3 is 19.5 Å². The monoisotopic (exact) mass is 418 g/mol. The third-order valence-corrected chi connectivity index (χ3v) is 5.30. The van der Waals surface area contributed by atoms with Gasteiger partial charge >= 0.3 is 0 Å². The van der Waals surface area contributed by atoms with E-state index in [1.165, 1.54) is 25.6 Å². The van der Waals surface area contributed by atoms with Gasteiger partial charge in [-0.15, -0.1) is 11.3 Å². The highest BCUT2D eigenvalue weighted by Gasteiger charge is 2.19. The number of para-hydroxylation sites is 1. The van der Waals surface area contributed by atoms with Crippen molar-refractivity contribution >= 4 is 34.5 Å². The van der Waals surface area contributed by atoms with E-state index in [1.54, 1.807) is 19.1 Å². The summed E-state index contributed by atoms with van der Waals surface area (Å²) < 4.78 is 16.2. The first kappa shape index (κ1) is 20.0. The number of nitrogens with zero attached hydrogens (tertiary/aromatic N) is 1. The fraction of sp³-hybridized carbons (Fsp3) is 0.200. The Morgan fingerprint density at radius 3 is 2.54 bits per heavy atom. The van der Waals surface area contributed by atoms with Crippen LogP contribution in [0, 0.1) is 6.92 Å². The van der Waals surface area contributed by atoms with E-state index in [0.717, 1.165) is 5.75 Å². The first-order valence-electron chi connectivity index (χ1n) is 8.39. The van der Waals surface area contributed by atoms with Crippen LogP contribution >= 0.6 is 22.9 Å². The molecule has 3 rings (SSSR count). The number of thiazole rings is 1. The number of carbonyl (C=O) groups excluding carboxylic acids is 1. The first-order valence-corrected chi connectivity index (χ1v) is 9.58. The lowest BCUT2D eigenvalue weighted by atomic mass is 10.2. The lowest BCUT2D eigenvalue weighted by Crippen LogP contribution is -2.12. The molecule has 0 fully saturated rings. The van der Waals surface area contributed by atoms with Gasteiger partial charge in [-0.25, -0.2) is 4.98 Å². The molecule has 0 aliphatic rings. The molecule has 1 heterocycles. The van der Waals surface area contributed by atoms with E-state index >= 15 is 0 Å². The van der Waals surface area contributed by atoms with E-state index in [0.29, 0.717) is 44.4 Å². The maximum atomic E-state index is 12.8. The van der Waals surface area contributed by atoms with Crippen molar-refractivity contribution in [1.82, 2.24) is 4.98 Å². The summed E-state index contributed by atoms with van der Waals surface area (Å²) in [5.74, 6) is 1.34. The molecular formula is C20H19ClN2O4S. The van der Waals surface area contributed by atoms with Crippen molar-refractivity contribution in [3.05, 3.63) is 63.1 Å². The normalized spacial score (nSPS) is 10.4. The highest BCUT2D eigenvalue weighted by atomic mass is 35.5. The number of halogens is 1. The summed E-state index contributed by atoms with van der Waals surface area (Å²) in [4.78, 5) is 17.7. The van der Waals surface area contributed by atoms with Crippen molar-refractivity contribution in [1.29, 1.82) is 0 Å². The predicted molar refractivity (Wildman–Crippen MR) is 110 cm³/mol. The van der Waals surface area contributed by atoms with Crippen molar-refractivity contribution in [2.45, 2.75) is 13.5 Å². The highest BCUT2D eigenvalue weighted by molar-refractivity contribution is 7.13.